The second-order valence-electron chi connectivity index (χ2n) is 4.79. The predicted molar refractivity (Wildman–Crippen MR) is 70.7 cm³/mol. The SMILES string of the molecule is FC(F)Oc1cccc2cccc(C[C@@H]3CCN3)c12. The highest BCUT2D eigenvalue weighted by Gasteiger charge is 2.19. The Hall–Kier alpha value is -1.68. The summed E-state index contributed by atoms with van der Waals surface area (Å²) in [5.41, 5.74) is 1.06. The summed E-state index contributed by atoms with van der Waals surface area (Å²) in [5, 5.41) is 5.07. The topological polar surface area (TPSA) is 21.3 Å². The van der Waals surface area contributed by atoms with E-state index in [1.54, 1.807) is 12.1 Å². The molecular weight excluding hydrogens is 248 g/mol. The molecule has 2 nitrogen and oxygen atoms in total. The highest BCUT2D eigenvalue weighted by Crippen LogP contribution is 2.31. The molecule has 0 aromatic heterocycles. The Kier molecular flexibility index (Phi) is 3.34. The molecule has 1 saturated heterocycles. The summed E-state index contributed by atoms with van der Waals surface area (Å²) in [7, 11) is 0. The molecule has 1 atom stereocenters. The van der Waals surface area contributed by atoms with Gasteiger partial charge in [-0.15, -0.1) is 0 Å². The second kappa shape index (κ2) is 5.13. The molecule has 1 aliphatic heterocycles. The molecule has 0 saturated carbocycles. The van der Waals surface area contributed by atoms with Gasteiger partial charge in [0.2, 0.25) is 0 Å². The van der Waals surface area contributed by atoms with Gasteiger partial charge in [-0.25, -0.2) is 0 Å². The van der Waals surface area contributed by atoms with Gasteiger partial charge in [-0.3, -0.25) is 0 Å². The van der Waals surface area contributed by atoms with Crippen molar-refractivity contribution in [2.45, 2.75) is 25.5 Å². The van der Waals surface area contributed by atoms with Crippen LogP contribution in [0.3, 0.4) is 0 Å². The number of fused-ring (bicyclic) bond motifs is 1. The van der Waals surface area contributed by atoms with Gasteiger partial charge in [0.15, 0.2) is 0 Å². The van der Waals surface area contributed by atoms with Crippen molar-refractivity contribution in [2.75, 3.05) is 6.54 Å². The van der Waals surface area contributed by atoms with Gasteiger partial charge in [-0.1, -0.05) is 30.3 Å². The maximum Gasteiger partial charge on any atom is 0.387 e. The van der Waals surface area contributed by atoms with Gasteiger partial charge >= 0.3 is 6.61 Å². The third-order valence-corrected chi connectivity index (χ3v) is 3.56. The summed E-state index contributed by atoms with van der Waals surface area (Å²) in [6.07, 6.45) is 1.98. The smallest absolute Gasteiger partial charge is 0.387 e. The summed E-state index contributed by atoms with van der Waals surface area (Å²) in [6.45, 7) is -1.75. The van der Waals surface area contributed by atoms with Crippen LogP contribution in [0.2, 0.25) is 0 Å². The second-order valence-corrected chi connectivity index (χ2v) is 4.79. The van der Waals surface area contributed by atoms with E-state index in [0.29, 0.717) is 6.04 Å². The number of nitrogens with one attached hydrogen (secondary N) is 1. The van der Waals surface area contributed by atoms with Crippen LogP contribution in [0.1, 0.15) is 12.0 Å². The molecule has 4 heteroatoms. The fourth-order valence-corrected chi connectivity index (χ4v) is 2.53. The van der Waals surface area contributed by atoms with Crippen molar-refractivity contribution in [1.82, 2.24) is 5.32 Å². The lowest BCUT2D eigenvalue weighted by molar-refractivity contribution is -0.0488. The van der Waals surface area contributed by atoms with Crippen LogP contribution in [0.25, 0.3) is 10.8 Å². The molecule has 0 bridgehead atoms. The highest BCUT2D eigenvalue weighted by molar-refractivity contribution is 5.91. The number of hydrogen-bond acceptors (Lipinski definition) is 2. The summed E-state index contributed by atoms with van der Waals surface area (Å²) in [5.74, 6) is 0.266. The van der Waals surface area contributed by atoms with Gasteiger partial charge in [0.05, 0.1) is 0 Å². The molecule has 1 aliphatic rings. The van der Waals surface area contributed by atoms with Gasteiger partial charge in [-0.05, 0) is 36.4 Å². The van der Waals surface area contributed by atoms with Crippen LogP contribution < -0.4 is 10.1 Å². The van der Waals surface area contributed by atoms with E-state index >= 15 is 0 Å². The van der Waals surface area contributed by atoms with Crippen molar-refractivity contribution in [3.8, 4) is 5.75 Å². The standard InChI is InChI=1S/C15H15F2NO/c16-15(17)19-13-6-2-4-10-3-1-5-11(14(10)13)9-12-7-8-18-12/h1-6,12,15,18H,7-9H2/t12-/m0/s1. The Labute approximate surface area is 110 Å². The van der Waals surface area contributed by atoms with Crippen molar-refractivity contribution >= 4 is 10.8 Å². The fourth-order valence-electron chi connectivity index (χ4n) is 2.53. The zero-order chi connectivity index (χ0) is 13.2. The van der Waals surface area contributed by atoms with Crippen LogP contribution in [-0.4, -0.2) is 19.2 Å². The van der Waals surface area contributed by atoms with E-state index in [0.717, 1.165) is 35.7 Å². The molecule has 0 radical (unpaired) electrons. The summed E-state index contributed by atoms with van der Waals surface area (Å²) >= 11 is 0. The zero-order valence-electron chi connectivity index (χ0n) is 10.4. The minimum absolute atomic E-state index is 0.266. The van der Waals surface area contributed by atoms with Crippen LogP contribution in [-0.2, 0) is 6.42 Å². The normalized spacial score (nSPS) is 18.6. The van der Waals surface area contributed by atoms with Gasteiger partial charge < -0.3 is 10.1 Å². The van der Waals surface area contributed by atoms with Crippen LogP contribution in [0, 0.1) is 0 Å². The third kappa shape index (κ3) is 2.54. The Morgan fingerprint density at radius 1 is 1.21 bits per heavy atom. The molecule has 1 heterocycles. The van der Waals surface area contributed by atoms with Crippen molar-refractivity contribution in [3.63, 3.8) is 0 Å². The van der Waals surface area contributed by atoms with Gasteiger partial charge in [0.25, 0.3) is 0 Å². The average Bonchev–Trinajstić information content (AvgIpc) is 2.33. The van der Waals surface area contributed by atoms with Crippen molar-refractivity contribution in [3.05, 3.63) is 42.0 Å². The Balaban J connectivity index is 2.04. The lowest BCUT2D eigenvalue weighted by Gasteiger charge is -2.28. The van der Waals surface area contributed by atoms with Gasteiger partial charge in [-0.2, -0.15) is 8.78 Å². The van der Waals surface area contributed by atoms with Crippen LogP contribution in [0.4, 0.5) is 8.78 Å². The van der Waals surface area contributed by atoms with Crippen molar-refractivity contribution in [1.29, 1.82) is 0 Å². The molecule has 100 valence electrons. The average molecular weight is 263 g/mol. The molecule has 2 aromatic carbocycles. The molecule has 2 aromatic rings. The Morgan fingerprint density at radius 3 is 2.58 bits per heavy atom. The minimum Gasteiger partial charge on any atom is -0.434 e. The number of hydrogen-bond donors (Lipinski definition) is 1. The predicted octanol–water partition coefficient (Wildman–Crippen LogP) is 3.35. The number of ether oxygens (including phenoxy) is 1. The lowest BCUT2D eigenvalue weighted by atomic mass is 9.94. The summed E-state index contributed by atoms with van der Waals surface area (Å²) in [6, 6.07) is 11.6. The summed E-state index contributed by atoms with van der Waals surface area (Å²) < 4.78 is 29.6. The number of rotatable bonds is 4. The first-order valence-corrected chi connectivity index (χ1v) is 6.43. The Bertz CT molecular complexity index is 576. The molecular formula is C15H15F2NO. The van der Waals surface area contributed by atoms with E-state index in [9.17, 15) is 8.78 Å². The van der Waals surface area contributed by atoms with E-state index in [4.69, 9.17) is 0 Å². The monoisotopic (exact) mass is 263 g/mol. The maximum absolute atomic E-state index is 12.5. The first-order chi connectivity index (χ1) is 9.24. The zero-order valence-corrected chi connectivity index (χ0v) is 10.4. The van der Waals surface area contributed by atoms with E-state index in [1.165, 1.54) is 0 Å². The van der Waals surface area contributed by atoms with Crippen molar-refractivity contribution < 1.29 is 13.5 Å². The van der Waals surface area contributed by atoms with Gasteiger partial charge in [0, 0.05) is 11.4 Å². The molecule has 1 N–H and O–H groups in total. The van der Waals surface area contributed by atoms with E-state index in [-0.39, 0.29) is 5.75 Å². The number of benzene rings is 2. The minimum atomic E-state index is -2.79. The quantitative estimate of drug-likeness (QED) is 0.913. The van der Waals surface area contributed by atoms with Crippen molar-refractivity contribution in [2.24, 2.45) is 0 Å². The first kappa shape index (κ1) is 12.4. The van der Waals surface area contributed by atoms with Crippen LogP contribution in [0.5, 0.6) is 5.75 Å². The largest absolute Gasteiger partial charge is 0.434 e. The molecule has 1 fully saturated rings. The fraction of sp³-hybridized carbons (Fsp3) is 0.333. The highest BCUT2D eigenvalue weighted by atomic mass is 19.3. The number of halogens is 2. The summed E-state index contributed by atoms with van der Waals surface area (Å²) in [4.78, 5) is 0. The van der Waals surface area contributed by atoms with E-state index in [1.807, 2.05) is 24.3 Å². The molecule has 19 heavy (non-hydrogen) atoms. The Morgan fingerprint density at radius 2 is 1.95 bits per heavy atom. The van der Waals surface area contributed by atoms with Crippen LogP contribution >= 0.6 is 0 Å². The first-order valence-electron chi connectivity index (χ1n) is 6.43. The van der Waals surface area contributed by atoms with E-state index in [2.05, 4.69) is 10.1 Å². The number of alkyl halides is 2. The van der Waals surface area contributed by atoms with E-state index < -0.39 is 6.61 Å². The molecule has 0 spiro atoms. The molecule has 0 unspecified atom stereocenters. The maximum atomic E-state index is 12.5. The van der Waals surface area contributed by atoms with Crippen LogP contribution in [0.15, 0.2) is 36.4 Å². The molecule has 0 amide bonds. The van der Waals surface area contributed by atoms with Gasteiger partial charge in [0.1, 0.15) is 5.75 Å². The molecule has 0 aliphatic carbocycles. The molecule has 3 rings (SSSR count). The lowest BCUT2D eigenvalue weighted by Crippen LogP contribution is -2.44. The third-order valence-electron chi connectivity index (χ3n) is 3.56.